The van der Waals surface area contributed by atoms with Crippen LogP contribution < -0.4 is 5.32 Å². The van der Waals surface area contributed by atoms with Crippen molar-refractivity contribution in [2.75, 3.05) is 6.54 Å². The van der Waals surface area contributed by atoms with Gasteiger partial charge in [0, 0.05) is 10.9 Å². The molecular formula is C31H37N2O+. The van der Waals surface area contributed by atoms with Crippen molar-refractivity contribution in [2.24, 2.45) is 0 Å². The van der Waals surface area contributed by atoms with E-state index in [2.05, 4.69) is 96.5 Å². The van der Waals surface area contributed by atoms with Crippen LogP contribution in [0.5, 0.6) is 0 Å². The molecule has 0 unspecified atom stereocenters. The highest BCUT2D eigenvalue weighted by Crippen LogP contribution is 2.42. The van der Waals surface area contributed by atoms with Crippen molar-refractivity contribution in [2.45, 2.75) is 64.6 Å². The predicted molar refractivity (Wildman–Crippen MR) is 142 cm³/mol. The summed E-state index contributed by atoms with van der Waals surface area (Å²) in [6, 6.07) is 26.6. The van der Waals surface area contributed by atoms with E-state index in [1.54, 1.807) is 0 Å². The molecule has 0 aliphatic heterocycles. The SMILES string of the molecule is Cc1cc(C)c2c(c1)c(-c1ccccc1)c(-c1ccccc1)n2C[C@H](O)C[NH2+]C1CCCCC1. The molecule has 34 heavy (non-hydrogen) atoms. The fraction of sp³-hybridized carbons (Fsp3) is 0.355. The van der Waals surface area contributed by atoms with Gasteiger partial charge >= 0.3 is 0 Å². The molecule has 5 rings (SSSR count). The van der Waals surface area contributed by atoms with Crippen LogP contribution in [-0.4, -0.2) is 28.4 Å². The minimum atomic E-state index is -0.399. The van der Waals surface area contributed by atoms with Crippen LogP contribution in [0.1, 0.15) is 43.2 Å². The lowest BCUT2D eigenvalue weighted by atomic mass is 9.95. The molecule has 0 spiro atoms. The molecule has 4 aromatic rings. The summed E-state index contributed by atoms with van der Waals surface area (Å²) in [5.74, 6) is 0. The van der Waals surface area contributed by atoms with Gasteiger partial charge in [-0.15, -0.1) is 0 Å². The lowest BCUT2D eigenvalue weighted by Gasteiger charge is -2.22. The Morgan fingerprint density at radius 3 is 2.21 bits per heavy atom. The summed E-state index contributed by atoms with van der Waals surface area (Å²) in [5, 5.41) is 14.9. The number of rotatable bonds is 7. The fourth-order valence-corrected chi connectivity index (χ4v) is 5.86. The normalized spacial score (nSPS) is 15.6. The van der Waals surface area contributed by atoms with Gasteiger partial charge in [-0.3, -0.25) is 0 Å². The molecule has 0 radical (unpaired) electrons. The summed E-state index contributed by atoms with van der Waals surface area (Å²) in [6.45, 7) is 5.73. The Hall–Kier alpha value is -2.88. The number of aryl methyl sites for hydroxylation is 2. The lowest BCUT2D eigenvalue weighted by Crippen LogP contribution is -2.92. The predicted octanol–water partition coefficient (Wildman–Crippen LogP) is 5.85. The van der Waals surface area contributed by atoms with Crippen LogP contribution in [-0.2, 0) is 6.54 Å². The molecule has 0 saturated heterocycles. The third-order valence-electron chi connectivity index (χ3n) is 7.39. The van der Waals surface area contributed by atoms with Gasteiger partial charge < -0.3 is 15.0 Å². The Bertz CT molecular complexity index is 1240. The summed E-state index contributed by atoms with van der Waals surface area (Å²) in [6.07, 6.45) is 6.19. The van der Waals surface area contributed by atoms with Crippen molar-refractivity contribution in [3.05, 3.63) is 83.9 Å². The van der Waals surface area contributed by atoms with Crippen LogP contribution in [0, 0.1) is 13.8 Å². The van der Waals surface area contributed by atoms with Crippen LogP contribution >= 0.6 is 0 Å². The van der Waals surface area contributed by atoms with Gasteiger partial charge in [-0.1, -0.05) is 78.7 Å². The average Bonchev–Trinajstić information content (AvgIpc) is 3.18. The van der Waals surface area contributed by atoms with Crippen molar-refractivity contribution in [3.8, 4) is 22.4 Å². The first-order valence-corrected chi connectivity index (χ1v) is 12.9. The second-order valence-electron chi connectivity index (χ2n) is 10.1. The quantitative estimate of drug-likeness (QED) is 0.362. The van der Waals surface area contributed by atoms with Crippen LogP contribution in [0.25, 0.3) is 33.3 Å². The van der Waals surface area contributed by atoms with Gasteiger partial charge in [0.25, 0.3) is 0 Å². The molecule has 3 aromatic carbocycles. The molecule has 3 nitrogen and oxygen atoms in total. The number of aromatic nitrogens is 1. The number of quaternary nitrogens is 1. The number of hydrogen-bond acceptors (Lipinski definition) is 1. The summed E-state index contributed by atoms with van der Waals surface area (Å²) in [4.78, 5) is 0. The highest BCUT2D eigenvalue weighted by Gasteiger charge is 2.24. The third kappa shape index (κ3) is 4.68. The van der Waals surface area contributed by atoms with E-state index >= 15 is 0 Å². The summed E-state index contributed by atoms with van der Waals surface area (Å²) in [7, 11) is 0. The van der Waals surface area contributed by atoms with Crippen molar-refractivity contribution in [1.29, 1.82) is 0 Å². The highest BCUT2D eigenvalue weighted by molar-refractivity contribution is 6.06. The lowest BCUT2D eigenvalue weighted by molar-refractivity contribution is -0.697. The van der Waals surface area contributed by atoms with E-state index in [4.69, 9.17) is 0 Å². The van der Waals surface area contributed by atoms with Crippen LogP contribution in [0.2, 0.25) is 0 Å². The van der Waals surface area contributed by atoms with Gasteiger partial charge in [0.1, 0.15) is 12.6 Å². The zero-order valence-electron chi connectivity index (χ0n) is 20.5. The van der Waals surface area contributed by atoms with E-state index < -0.39 is 6.10 Å². The van der Waals surface area contributed by atoms with E-state index in [1.807, 2.05) is 0 Å². The molecule has 1 aliphatic rings. The fourth-order valence-electron chi connectivity index (χ4n) is 5.86. The number of fused-ring (bicyclic) bond motifs is 1. The maximum Gasteiger partial charge on any atom is 0.121 e. The molecule has 1 saturated carbocycles. The summed E-state index contributed by atoms with van der Waals surface area (Å²) in [5.41, 5.74) is 8.64. The minimum Gasteiger partial charge on any atom is -0.385 e. The number of benzene rings is 3. The van der Waals surface area contributed by atoms with Gasteiger partial charge in [-0.05, 0) is 62.3 Å². The van der Waals surface area contributed by atoms with E-state index in [-0.39, 0.29) is 0 Å². The molecule has 0 amide bonds. The van der Waals surface area contributed by atoms with Crippen LogP contribution in [0.15, 0.2) is 72.8 Å². The number of aliphatic hydroxyl groups is 1. The number of aliphatic hydroxyl groups excluding tert-OH is 1. The molecule has 0 bridgehead atoms. The zero-order valence-corrected chi connectivity index (χ0v) is 20.5. The van der Waals surface area contributed by atoms with Crippen molar-refractivity contribution >= 4 is 10.9 Å². The van der Waals surface area contributed by atoms with E-state index in [0.29, 0.717) is 12.6 Å². The topological polar surface area (TPSA) is 41.8 Å². The molecule has 176 valence electrons. The van der Waals surface area contributed by atoms with E-state index in [0.717, 1.165) is 6.54 Å². The number of nitrogens with two attached hydrogens (primary N) is 1. The van der Waals surface area contributed by atoms with Gasteiger partial charge in [0.15, 0.2) is 0 Å². The smallest absolute Gasteiger partial charge is 0.121 e. The molecular weight excluding hydrogens is 416 g/mol. The maximum atomic E-state index is 11.2. The Balaban J connectivity index is 1.62. The summed E-state index contributed by atoms with van der Waals surface area (Å²) >= 11 is 0. The van der Waals surface area contributed by atoms with Gasteiger partial charge in [-0.25, -0.2) is 0 Å². The molecule has 1 atom stereocenters. The second-order valence-corrected chi connectivity index (χ2v) is 10.1. The van der Waals surface area contributed by atoms with Crippen molar-refractivity contribution in [3.63, 3.8) is 0 Å². The Morgan fingerprint density at radius 2 is 1.53 bits per heavy atom. The molecule has 1 aliphatic carbocycles. The zero-order chi connectivity index (χ0) is 23.5. The van der Waals surface area contributed by atoms with Gasteiger partial charge in [0.05, 0.1) is 23.8 Å². The Morgan fingerprint density at radius 1 is 0.882 bits per heavy atom. The van der Waals surface area contributed by atoms with Gasteiger partial charge in [-0.2, -0.15) is 0 Å². The Labute approximate surface area is 203 Å². The van der Waals surface area contributed by atoms with Crippen LogP contribution in [0.3, 0.4) is 0 Å². The van der Waals surface area contributed by atoms with Crippen LogP contribution in [0.4, 0.5) is 0 Å². The minimum absolute atomic E-state index is 0.399. The number of hydrogen-bond donors (Lipinski definition) is 2. The Kier molecular flexibility index (Phi) is 6.85. The maximum absolute atomic E-state index is 11.2. The third-order valence-corrected chi connectivity index (χ3v) is 7.39. The first kappa shape index (κ1) is 22.9. The molecule has 3 N–H and O–H groups in total. The first-order valence-electron chi connectivity index (χ1n) is 12.9. The van der Waals surface area contributed by atoms with E-state index in [9.17, 15) is 5.11 Å². The van der Waals surface area contributed by atoms with Crippen molar-refractivity contribution in [1.82, 2.24) is 4.57 Å². The summed E-state index contributed by atoms with van der Waals surface area (Å²) < 4.78 is 2.39. The molecule has 3 heteroatoms. The second kappa shape index (κ2) is 10.2. The molecule has 1 fully saturated rings. The monoisotopic (exact) mass is 453 g/mol. The number of nitrogens with zero attached hydrogens (tertiary/aromatic N) is 1. The van der Waals surface area contributed by atoms with Gasteiger partial charge in [0.2, 0.25) is 0 Å². The largest absolute Gasteiger partial charge is 0.385 e. The first-order chi connectivity index (χ1) is 16.6. The van der Waals surface area contributed by atoms with E-state index in [1.165, 1.54) is 76.5 Å². The average molecular weight is 454 g/mol. The standard InChI is InChI=1S/C31H36N2O/c1-22-18-23(2)30-28(19-22)29(24-12-6-3-7-13-24)31(25-14-8-4-9-15-25)33(30)21-27(34)20-32-26-16-10-5-11-17-26/h3-4,6-9,12-15,18-19,26-27,32,34H,5,10-11,16-17,20-21H2,1-2H3/p+1/t27-/m1/s1. The van der Waals surface area contributed by atoms with Crippen molar-refractivity contribution < 1.29 is 10.4 Å². The molecule has 1 aromatic heterocycles. The highest BCUT2D eigenvalue weighted by atomic mass is 16.3. The molecule has 1 heterocycles.